The Bertz CT molecular complexity index is 293. The molecule has 0 aromatic heterocycles. The second kappa shape index (κ2) is 2.98. The molecule has 13 heavy (non-hydrogen) atoms. The maximum atomic E-state index is 11.6. The highest BCUT2D eigenvalue weighted by molar-refractivity contribution is 6.05. The molecule has 1 saturated heterocycles. The van der Waals surface area contributed by atoms with Gasteiger partial charge >= 0.3 is 0 Å². The standard InChI is InChI=1S/C10H13NO2/c1-6(12)5-9-10(13)7-3-2-4-8(7)11-9/h5,7-8,11H,2-4H2,1H3/b9-5+/t7-,8+/m1/s1. The Hall–Kier alpha value is -1.12. The van der Waals surface area contributed by atoms with Gasteiger partial charge in [-0.2, -0.15) is 0 Å². The fourth-order valence-corrected chi connectivity index (χ4v) is 2.23. The zero-order chi connectivity index (χ0) is 9.42. The van der Waals surface area contributed by atoms with Gasteiger partial charge in [-0.25, -0.2) is 0 Å². The van der Waals surface area contributed by atoms with Crippen LogP contribution in [0.15, 0.2) is 11.8 Å². The van der Waals surface area contributed by atoms with E-state index >= 15 is 0 Å². The number of Topliss-reactive ketones (excluding diaryl/α,β-unsaturated/α-hetero) is 1. The lowest BCUT2D eigenvalue weighted by atomic mass is 10.0. The van der Waals surface area contributed by atoms with Crippen molar-refractivity contribution in [2.45, 2.75) is 32.2 Å². The lowest BCUT2D eigenvalue weighted by Gasteiger charge is -2.04. The monoisotopic (exact) mass is 179 g/mol. The maximum absolute atomic E-state index is 11.6. The smallest absolute Gasteiger partial charge is 0.183 e. The number of hydrogen-bond acceptors (Lipinski definition) is 3. The SMILES string of the molecule is CC(=O)/C=C1/N[C@H]2CCC[C@H]2C1=O. The first-order chi connectivity index (χ1) is 6.18. The van der Waals surface area contributed by atoms with Gasteiger partial charge in [0.2, 0.25) is 0 Å². The zero-order valence-electron chi connectivity index (χ0n) is 7.67. The Labute approximate surface area is 77.2 Å². The van der Waals surface area contributed by atoms with Crippen molar-refractivity contribution in [1.29, 1.82) is 0 Å². The van der Waals surface area contributed by atoms with E-state index in [2.05, 4.69) is 5.32 Å². The molecule has 1 aliphatic carbocycles. The van der Waals surface area contributed by atoms with Crippen molar-refractivity contribution in [2.24, 2.45) is 5.92 Å². The van der Waals surface area contributed by atoms with Crippen LogP contribution in [-0.2, 0) is 9.59 Å². The van der Waals surface area contributed by atoms with Crippen molar-refractivity contribution in [3.63, 3.8) is 0 Å². The average Bonchev–Trinajstić information content (AvgIpc) is 2.56. The summed E-state index contributed by atoms with van der Waals surface area (Å²) in [6.45, 7) is 1.47. The molecule has 2 atom stereocenters. The molecule has 1 heterocycles. The third-order valence-electron chi connectivity index (χ3n) is 2.81. The molecule has 0 bridgehead atoms. The number of fused-ring (bicyclic) bond motifs is 1. The minimum Gasteiger partial charge on any atom is -0.379 e. The number of hydrogen-bond donors (Lipinski definition) is 1. The number of carbonyl (C=O) groups is 2. The molecule has 0 radical (unpaired) electrons. The third-order valence-corrected chi connectivity index (χ3v) is 2.81. The highest BCUT2D eigenvalue weighted by Crippen LogP contribution is 2.33. The van der Waals surface area contributed by atoms with Crippen LogP contribution in [0.1, 0.15) is 26.2 Å². The summed E-state index contributed by atoms with van der Waals surface area (Å²) in [6, 6.07) is 0.304. The summed E-state index contributed by atoms with van der Waals surface area (Å²) < 4.78 is 0. The summed E-state index contributed by atoms with van der Waals surface area (Å²) in [5, 5.41) is 3.12. The van der Waals surface area contributed by atoms with E-state index < -0.39 is 0 Å². The van der Waals surface area contributed by atoms with Crippen LogP contribution < -0.4 is 5.32 Å². The molecule has 0 aromatic carbocycles. The minimum absolute atomic E-state index is 0.0594. The van der Waals surface area contributed by atoms with Crippen molar-refractivity contribution in [3.05, 3.63) is 11.8 Å². The van der Waals surface area contributed by atoms with Gasteiger partial charge in [0.05, 0.1) is 5.70 Å². The van der Waals surface area contributed by atoms with E-state index in [1.807, 2.05) is 0 Å². The summed E-state index contributed by atoms with van der Waals surface area (Å²) in [6.07, 6.45) is 4.58. The number of carbonyl (C=O) groups excluding carboxylic acids is 2. The van der Waals surface area contributed by atoms with Crippen molar-refractivity contribution in [2.75, 3.05) is 0 Å². The molecule has 2 aliphatic rings. The van der Waals surface area contributed by atoms with E-state index in [4.69, 9.17) is 0 Å². The molecule has 70 valence electrons. The fraction of sp³-hybridized carbons (Fsp3) is 0.600. The van der Waals surface area contributed by atoms with Crippen LogP contribution in [0.2, 0.25) is 0 Å². The van der Waals surface area contributed by atoms with Gasteiger partial charge in [0.15, 0.2) is 11.6 Å². The third kappa shape index (κ3) is 1.39. The van der Waals surface area contributed by atoms with Gasteiger partial charge < -0.3 is 5.32 Å². The summed E-state index contributed by atoms with van der Waals surface area (Å²) in [4.78, 5) is 22.4. The first-order valence-electron chi connectivity index (χ1n) is 4.71. The molecule has 0 aromatic rings. The van der Waals surface area contributed by atoms with Gasteiger partial charge in [0, 0.05) is 18.0 Å². The van der Waals surface area contributed by atoms with E-state index in [-0.39, 0.29) is 17.5 Å². The van der Waals surface area contributed by atoms with Crippen LogP contribution >= 0.6 is 0 Å². The Balaban J connectivity index is 2.19. The lowest BCUT2D eigenvalue weighted by Crippen LogP contribution is -2.21. The van der Waals surface area contributed by atoms with Crippen LogP contribution in [0.4, 0.5) is 0 Å². The normalized spacial score (nSPS) is 34.8. The first-order valence-corrected chi connectivity index (χ1v) is 4.71. The van der Waals surface area contributed by atoms with Gasteiger partial charge in [-0.15, -0.1) is 0 Å². The second-order valence-electron chi connectivity index (χ2n) is 3.82. The van der Waals surface area contributed by atoms with Crippen LogP contribution in [-0.4, -0.2) is 17.6 Å². The summed E-state index contributed by atoms with van der Waals surface area (Å²) in [7, 11) is 0. The van der Waals surface area contributed by atoms with Crippen LogP contribution in [0.3, 0.4) is 0 Å². The van der Waals surface area contributed by atoms with Gasteiger partial charge in [-0.3, -0.25) is 9.59 Å². The molecule has 1 saturated carbocycles. The van der Waals surface area contributed by atoms with Gasteiger partial charge in [-0.1, -0.05) is 6.42 Å². The van der Waals surface area contributed by atoms with Gasteiger partial charge in [0.1, 0.15) is 0 Å². The molecule has 2 fully saturated rings. The quantitative estimate of drug-likeness (QED) is 0.606. The number of rotatable bonds is 1. The topological polar surface area (TPSA) is 46.2 Å². The Morgan fingerprint density at radius 3 is 2.92 bits per heavy atom. The Morgan fingerprint density at radius 2 is 2.31 bits per heavy atom. The molecular weight excluding hydrogens is 166 g/mol. The predicted octanol–water partition coefficient (Wildman–Crippen LogP) is 0.800. The molecule has 0 unspecified atom stereocenters. The number of nitrogens with one attached hydrogen (secondary N) is 1. The molecular formula is C10H13NO2. The minimum atomic E-state index is -0.0594. The van der Waals surface area contributed by atoms with Crippen molar-refractivity contribution in [1.82, 2.24) is 5.32 Å². The molecule has 1 N–H and O–H groups in total. The molecule has 1 aliphatic heterocycles. The summed E-state index contributed by atoms with van der Waals surface area (Å²) >= 11 is 0. The zero-order valence-corrected chi connectivity index (χ0v) is 7.67. The van der Waals surface area contributed by atoms with Crippen LogP contribution in [0.25, 0.3) is 0 Å². The van der Waals surface area contributed by atoms with Gasteiger partial charge in [0.25, 0.3) is 0 Å². The summed E-state index contributed by atoms with van der Waals surface area (Å²) in [5.41, 5.74) is 0.530. The molecule has 2 rings (SSSR count). The predicted molar refractivity (Wildman–Crippen MR) is 48.0 cm³/mol. The maximum Gasteiger partial charge on any atom is 0.183 e. The van der Waals surface area contributed by atoms with E-state index in [9.17, 15) is 9.59 Å². The fourth-order valence-electron chi connectivity index (χ4n) is 2.23. The van der Waals surface area contributed by atoms with Crippen molar-refractivity contribution in [3.8, 4) is 0 Å². The molecule has 3 heteroatoms. The molecule has 0 spiro atoms. The van der Waals surface area contributed by atoms with Gasteiger partial charge in [-0.05, 0) is 19.8 Å². The Kier molecular flexibility index (Phi) is 1.94. The van der Waals surface area contributed by atoms with Crippen molar-refractivity contribution >= 4 is 11.6 Å². The molecule has 3 nitrogen and oxygen atoms in total. The van der Waals surface area contributed by atoms with E-state index in [0.717, 1.165) is 19.3 Å². The van der Waals surface area contributed by atoms with Crippen molar-refractivity contribution < 1.29 is 9.59 Å². The number of ketones is 2. The Morgan fingerprint density at radius 1 is 1.54 bits per heavy atom. The second-order valence-corrected chi connectivity index (χ2v) is 3.82. The highest BCUT2D eigenvalue weighted by atomic mass is 16.1. The van der Waals surface area contributed by atoms with E-state index in [1.165, 1.54) is 13.0 Å². The molecule has 0 amide bonds. The number of allylic oxidation sites excluding steroid dienone is 2. The average molecular weight is 179 g/mol. The highest BCUT2D eigenvalue weighted by Gasteiger charge is 2.40. The van der Waals surface area contributed by atoms with E-state index in [1.54, 1.807) is 0 Å². The lowest BCUT2D eigenvalue weighted by molar-refractivity contribution is -0.118. The largest absolute Gasteiger partial charge is 0.379 e. The van der Waals surface area contributed by atoms with E-state index in [0.29, 0.717) is 11.7 Å². The summed E-state index contributed by atoms with van der Waals surface area (Å²) in [5.74, 6) is 0.221. The van der Waals surface area contributed by atoms with Crippen LogP contribution in [0, 0.1) is 5.92 Å². The van der Waals surface area contributed by atoms with Crippen LogP contribution in [0.5, 0.6) is 0 Å². The first kappa shape index (κ1) is 8.48.